The summed E-state index contributed by atoms with van der Waals surface area (Å²) >= 11 is 1.87. The minimum atomic E-state index is -0.908. The van der Waals surface area contributed by atoms with Crippen LogP contribution in [0.3, 0.4) is 0 Å². The summed E-state index contributed by atoms with van der Waals surface area (Å²) in [6.07, 6.45) is 0. The predicted octanol–water partition coefficient (Wildman–Crippen LogP) is 24.2. The number of hydrogen-bond acceptors (Lipinski definition) is 5. The van der Waals surface area contributed by atoms with E-state index in [1.165, 1.54) is 76.8 Å². The van der Waals surface area contributed by atoms with Crippen molar-refractivity contribution in [3.8, 4) is 33.4 Å². The highest BCUT2D eigenvalue weighted by molar-refractivity contribution is 7.99. The van der Waals surface area contributed by atoms with E-state index in [1.807, 2.05) is 11.8 Å². The minimum Gasteiger partial charge on any atom is -0.455 e. The smallest absolute Gasteiger partial charge is 0.145 e. The van der Waals surface area contributed by atoms with Gasteiger partial charge in [-0.2, -0.15) is 0 Å². The monoisotopic (exact) mass is 1180 g/mol. The lowest BCUT2D eigenvalue weighted by atomic mass is 9.64. The molecule has 3 aliphatic rings. The van der Waals surface area contributed by atoms with Crippen LogP contribution >= 0.6 is 11.8 Å². The van der Waals surface area contributed by atoms with Crippen molar-refractivity contribution < 1.29 is 4.42 Å². The fraction of sp³-hybridized carbons (Fsp3) is 0.106. The number of fused-ring (bicyclic) bond motifs is 17. The van der Waals surface area contributed by atoms with Gasteiger partial charge in [0, 0.05) is 48.9 Å². The van der Waals surface area contributed by atoms with Gasteiger partial charge in [-0.05, 0) is 168 Å². The van der Waals surface area contributed by atoms with Crippen molar-refractivity contribution in [1.29, 1.82) is 0 Å². The highest BCUT2D eigenvalue weighted by atomic mass is 32.2. The number of rotatable bonds is 8. The van der Waals surface area contributed by atoms with Crippen molar-refractivity contribution in [2.24, 2.45) is 0 Å². The van der Waals surface area contributed by atoms with Gasteiger partial charge >= 0.3 is 0 Å². The molecule has 0 amide bonds. The Balaban J connectivity index is 1.02. The van der Waals surface area contributed by atoms with Crippen LogP contribution in [0.25, 0.3) is 66.1 Å². The summed E-state index contributed by atoms with van der Waals surface area (Å²) in [7, 11) is 0. The summed E-state index contributed by atoms with van der Waals surface area (Å²) in [5.41, 5.74) is 25.0. The van der Waals surface area contributed by atoms with Crippen molar-refractivity contribution >= 4 is 95.7 Å². The van der Waals surface area contributed by atoms with Crippen LogP contribution in [-0.2, 0) is 16.2 Å². The molecular formula is C85H65N3OS. The normalized spacial score (nSPS) is 14.5. The zero-order chi connectivity index (χ0) is 60.6. The molecule has 0 fully saturated rings. The van der Waals surface area contributed by atoms with E-state index in [0.29, 0.717) is 0 Å². The van der Waals surface area contributed by atoms with Gasteiger partial charge in [0.05, 0.1) is 39.2 Å². The van der Waals surface area contributed by atoms with Crippen LogP contribution in [0.15, 0.2) is 299 Å². The van der Waals surface area contributed by atoms with E-state index in [-0.39, 0.29) is 10.8 Å². The maximum Gasteiger partial charge on any atom is 0.145 e. The van der Waals surface area contributed by atoms with E-state index < -0.39 is 5.41 Å². The molecule has 0 N–H and O–H groups in total. The maximum absolute atomic E-state index is 7.69. The molecule has 17 rings (SSSR count). The van der Waals surface area contributed by atoms with Crippen molar-refractivity contribution in [3.05, 3.63) is 318 Å². The lowest BCUT2D eigenvalue weighted by Crippen LogP contribution is -2.37. The summed E-state index contributed by atoms with van der Waals surface area (Å²) in [5, 5.41) is 4.43. The van der Waals surface area contributed by atoms with Gasteiger partial charge in [0.25, 0.3) is 0 Å². The molecule has 2 aliphatic heterocycles. The summed E-state index contributed by atoms with van der Waals surface area (Å²) < 4.78 is 7.69. The quantitative estimate of drug-likeness (QED) is 0.151. The van der Waals surface area contributed by atoms with Crippen LogP contribution in [-0.4, -0.2) is 0 Å². The molecule has 3 heterocycles. The Morgan fingerprint density at radius 1 is 0.356 bits per heavy atom. The van der Waals surface area contributed by atoms with Gasteiger partial charge in [-0.3, -0.25) is 0 Å². The van der Waals surface area contributed by atoms with Gasteiger partial charge < -0.3 is 19.1 Å². The lowest BCUT2D eigenvalue weighted by molar-refractivity contribution is 0.590. The molecule has 0 bridgehead atoms. The number of furan rings is 1. The van der Waals surface area contributed by atoms with Gasteiger partial charge in [-0.15, -0.1) is 0 Å². The average molecular weight is 1180 g/mol. The first-order chi connectivity index (χ1) is 43.9. The first kappa shape index (κ1) is 53.9. The number of benzene rings is 13. The zero-order valence-electron chi connectivity index (χ0n) is 51.3. The highest BCUT2D eigenvalue weighted by Crippen LogP contribution is 2.70. The second-order valence-corrected chi connectivity index (χ2v) is 27.5. The Morgan fingerprint density at radius 2 is 0.800 bits per heavy atom. The highest BCUT2D eigenvalue weighted by Gasteiger charge is 2.55. The van der Waals surface area contributed by atoms with E-state index in [2.05, 4.69) is 341 Å². The second-order valence-electron chi connectivity index (χ2n) is 26.4. The SMILES string of the molecule is CC(C)(C)c1ccc(N(c2ccc(-c3ccccc3)cc2)c2cc3c(c4ccccc24)-c2c(cc(N(c4ccc(-c5ccccc5)cc4)c4ccc(C(C)(C)C)cc4)c4c2oc2ccccc24)C32c3ccccc3N3c4ccccc4Sc4cccc2c43)cc1. The average Bonchev–Trinajstić information content (AvgIpc) is 1.43. The van der Waals surface area contributed by atoms with E-state index >= 15 is 0 Å². The first-order valence-electron chi connectivity index (χ1n) is 31.4. The molecule has 0 saturated heterocycles. The van der Waals surface area contributed by atoms with Gasteiger partial charge in [-0.1, -0.05) is 247 Å². The molecule has 90 heavy (non-hydrogen) atoms. The summed E-state index contributed by atoms with van der Waals surface area (Å²) in [6.45, 7) is 13.8. The zero-order valence-corrected chi connectivity index (χ0v) is 52.1. The molecule has 14 aromatic rings. The Hall–Kier alpha value is -10.3. The summed E-state index contributed by atoms with van der Waals surface area (Å²) in [5.74, 6) is 0. The van der Waals surface area contributed by atoms with E-state index in [4.69, 9.17) is 4.42 Å². The molecule has 432 valence electrons. The Bertz CT molecular complexity index is 5150. The number of para-hydroxylation sites is 4. The third-order valence-electron chi connectivity index (χ3n) is 19.1. The molecule has 0 radical (unpaired) electrons. The molecule has 1 aromatic heterocycles. The van der Waals surface area contributed by atoms with E-state index in [9.17, 15) is 0 Å². The molecule has 1 spiro atoms. The van der Waals surface area contributed by atoms with Crippen LogP contribution in [0.4, 0.5) is 51.2 Å². The van der Waals surface area contributed by atoms with Crippen molar-refractivity contribution in [2.45, 2.75) is 67.6 Å². The van der Waals surface area contributed by atoms with Crippen LogP contribution in [0, 0.1) is 0 Å². The Kier molecular flexibility index (Phi) is 12.2. The summed E-state index contributed by atoms with van der Waals surface area (Å²) in [6, 6.07) is 107. The fourth-order valence-electron chi connectivity index (χ4n) is 14.9. The fourth-order valence-corrected chi connectivity index (χ4v) is 16.0. The van der Waals surface area contributed by atoms with Crippen LogP contribution in [0.2, 0.25) is 0 Å². The van der Waals surface area contributed by atoms with Crippen LogP contribution in [0.1, 0.15) is 74.9 Å². The second kappa shape index (κ2) is 20.4. The summed E-state index contributed by atoms with van der Waals surface area (Å²) in [4.78, 5) is 10.0. The third kappa shape index (κ3) is 8.22. The van der Waals surface area contributed by atoms with Crippen molar-refractivity contribution in [1.82, 2.24) is 0 Å². The van der Waals surface area contributed by atoms with Gasteiger partial charge in [0.2, 0.25) is 0 Å². The van der Waals surface area contributed by atoms with E-state index in [1.54, 1.807) is 0 Å². The molecule has 0 saturated carbocycles. The Morgan fingerprint density at radius 3 is 1.40 bits per heavy atom. The lowest BCUT2D eigenvalue weighted by Gasteiger charge is -2.47. The minimum absolute atomic E-state index is 0.0348. The number of hydrogen-bond donors (Lipinski definition) is 0. The molecule has 1 atom stereocenters. The molecule has 4 nitrogen and oxygen atoms in total. The topological polar surface area (TPSA) is 22.9 Å². The van der Waals surface area contributed by atoms with Gasteiger partial charge in [0.1, 0.15) is 11.2 Å². The molecular weight excluding hydrogens is 1110 g/mol. The molecule has 1 unspecified atom stereocenters. The largest absolute Gasteiger partial charge is 0.455 e. The number of anilines is 9. The van der Waals surface area contributed by atoms with E-state index in [0.717, 1.165) is 83.6 Å². The number of nitrogens with zero attached hydrogens (tertiary/aromatic N) is 3. The maximum atomic E-state index is 7.69. The van der Waals surface area contributed by atoms with Gasteiger partial charge in [0.15, 0.2) is 0 Å². The van der Waals surface area contributed by atoms with Crippen LogP contribution < -0.4 is 14.7 Å². The molecule has 13 aromatic carbocycles. The van der Waals surface area contributed by atoms with Crippen molar-refractivity contribution in [2.75, 3.05) is 14.7 Å². The predicted molar refractivity (Wildman–Crippen MR) is 379 cm³/mol. The van der Waals surface area contributed by atoms with Gasteiger partial charge in [-0.25, -0.2) is 0 Å². The molecule has 5 heteroatoms. The third-order valence-corrected chi connectivity index (χ3v) is 20.3. The van der Waals surface area contributed by atoms with Crippen molar-refractivity contribution in [3.63, 3.8) is 0 Å². The standard InChI is InChI=1S/C85H65N3OS/c1-83(2,3)58-40-48-62(49-41-58)86(60-44-36-56(37-45-60)54-22-9-7-10-23-54)73-52-69-78(65-27-14-13-26-64(65)73)80-70(85(69)67-29-16-17-31-71(67)88-72-32-18-20-34-76(72)90-77-35-21-30-68(85)81(77)88)53-74(79-66-28-15-19-33-75(66)89-82(79)80)87(63-50-42-59(43-51-63)84(4,5)6)61-46-38-57(39-47-61)55-24-11-8-12-25-55/h7-53H,1-6H3. The first-order valence-corrected chi connectivity index (χ1v) is 32.2. The Labute approximate surface area is 531 Å². The van der Waals surface area contributed by atoms with Crippen LogP contribution in [0.5, 0.6) is 0 Å². The molecule has 1 aliphatic carbocycles.